The van der Waals surface area contributed by atoms with Gasteiger partial charge in [-0.25, -0.2) is 0 Å². The van der Waals surface area contributed by atoms with E-state index in [2.05, 4.69) is 26.1 Å². The Morgan fingerprint density at radius 1 is 1.31 bits per heavy atom. The Hall–Kier alpha value is -0.0800. The molecule has 2 N–H and O–H groups in total. The van der Waals surface area contributed by atoms with E-state index in [0.29, 0.717) is 6.04 Å². The first-order valence-corrected chi connectivity index (χ1v) is 6.95. The molecule has 1 saturated carbocycles. The zero-order valence-corrected chi connectivity index (χ0v) is 11.3. The van der Waals surface area contributed by atoms with Crippen molar-refractivity contribution in [2.24, 2.45) is 11.3 Å². The largest absolute Gasteiger partial charge is 0.396 e. The lowest BCUT2D eigenvalue weighted by molar-refractivity contribution is 0.126. The fraction of sp³-hybridized carbons (Fsp3) is 1.00. The van der Waals surface area contributed by atoms with Gasteiger partial charge in [0.25, 0.3) is 0 Å². The number of aliphatic hydroxyl groups excluding tert-OH is 1. The van der Waals surface area contributed by atoms with Crippen molar-refractivity contribution in [3.63, 3.8) is 0 Å². The highest BCUT2D eigenvalue weighted by Gasteiger charge is 2.24. The molecule has 1 unspecified atom stereocenters. The maximum Gasteiger partial charge on any atom is 0.0496 e. The van der Waals surface area contributed by atoms with Gasteiger partial charge in [0.2, 0.25) is 0 Å². The molecule has 0 aliphatic heterocycles. The second-order valence-electron chi connectivity index (χ2n) is 5.89. The van der Waals surface area contributed by atoms with Crippen LogP contribution in [0.25, 0.3) is 0 Å². The summed E-state index contributed by atoms with van der Waals surface area (Å²) in [5, 5.41) is 13.0. The van der Waals surface area contributed by atoms with Crippen molar-refractivity contribution in [2.45, 2.75) is 65.3 Å². The molecule has 0 heterocycles. The topological polar surface area (TPSA) is 32.3 Å². The van der Waals surface area contributed by atoms with Crippen molar-refractivity contribution in [2.75, 3.05) is 13.2 Å². The molecule has 96 valence electrons. The van der Waals surface area contributed by atoms with Gasteiger partial charge in [-0.05, 0) is 32.1 Å². The van der Waals surface area contributed by atoms with Crippen LogP contribution in [-0.4, -0.2) is 24.3 Å². The number of nitrogens with one attached hydrogen (secondary N) is 1. The average Bonchev–Trinajstić information content (AvgIpc) is 2.36. The SMILES string of the molecule is CCC(C)(CO)CN[C@@H](C)C1CCCCC1. The molecule has 16 heavy (non-hydrogen) atoms. The summed E-state index contributed by atoms with van der Waals surface area (Å²) in [5.41, 5.74) is 0.0585. The molecule has 0 saturated heterocycles. The van der Waals surface area contributed by atoms with Crippen molar-refractivity contribution in [3.05, 3.63) is 0 Å². The van der Waals surface area contributed by atoms with Gasteiger partial charge in [0, 0.05) is 24.6 Å². The minimum Gasteiger partial charge on any atom is -0.396 e. The zero-order valence-electron chi connectivity index (χ0n) is 11.3. The van der Waals surface area contributed by atoms with Crippen LogP contribution >= 0.6 is 0 Å². The third-order valence-corrected chi connectivity index (χ3v) is 4.44. The standard InChI is InChI=1S/C14H29NO/c1-4-14(3,11-16)10-15-12(2)13-8-6-5-7-9-13/h12-13,15-16H,4-11H2,1-3H3/t12-,14?/m0/s1. The highest BCUT2D eigenvalue weighted by molar-refractivity contribution is 4.80. The first-order valence-electron chi connectivity index (χ1n) is 6.95. The zero-order chi connectivity index (χ0) is 12.0. The van der Waals surface area contributed by atoms with Gasteiger partial charge in [-0.3, -0.25) is 0 Å². The molecule has 2 atom stereocenters. The van der Waals surface area contributed by atoms with Gasteiger partial charge in [0.1, 0.15) is 0 Å². The van der Waals surface area contributed by atoms with Crippen LogP contribution in [-0.2, 0) is 0 Å². The van der Waals surface area contributed by atoms with E-state index < -0.39 is 0 Å². The molecule has 0 radical (unpaired) electrons. The van der Waals surface area contributed by atoms with E-state index in [-0.39, 0.29) is 12.0 Å². The third kappa shape index (κ3) is 4.06. The smallest absolute Gasteiger partial charge is 0.0496 e. The molecule has 0 amide bonds. The summed E-state index contributed by atoms with van der Waals surface area (Å²) in [6, 6.07) is 0.609. The summed E-state index contributed by atoms with van der Waals surface area (Å²) < 4.78 is 0. The normalized spacial score (nSPS) is 24.0. The van der Waals surface area contributed by atoms with Gasteiger partial charge in [-0.2, -0.15) is 0 Å². The molecule has 1 aliphatic rings. The first kappa shape index (κ1) is 14.0. The Morgan fingerprint density at radius 3 is 2.44 bits per heavy atom. The van der Waals surface area contributed by atoms with Crippen LogP contribution in [0.5, 0.6) is 0 Å². The minimum absolute atomic E-state index is 0.0585. The quantitative estimate of drug-likeness (QED) is 0.731. The van der Waals surface area contributed by atoms with Crippen LogP contribution in [0.3, 0.4) is 0 Å². The number of hydrogen-bond donors (Lipinski definition) is 2. The third-order valence-electron chi connectivity index (χ3n) is 4.44. The number of aliphatic hydroxyl groups is 1. The monoisotopic (exact) mass is 227 g/mol. The maximum absolute atomic E-state index is 9.37. The van der Waals surface area contributed by atoms with Crippen molar-refractivity contribution < 1.29 is 5.11 Å². The van der Waals surface area contributed by atoms with E-state index in [9.17, 15) is 5.11 Å². The van der Waals surface area contributed by atoms with Gasteiger partial charge >= 0.3 is 0 Å². The predicted molar refractivity (Wildman–Crippen MR) is 69.5 cm³/mol. The molecule has 1 rings (SSSR count). The van der Waals surface area contributed by atoms with Crippen molar-refractivity contribution in [1.29, 1.82) is 0 Å². The lowest BCUT2D eigenvalue weighted by Gasteiger charge is -2.33. The summed E-state index contributed by atoms with van der Waals surface area (Å²) >= 11 is 0. The Bertz CT molecular complexity index is 183. The molecule has 0 aromatic carbocycles. The Morgan fingerprint density at radius 2 is 1.94 bits per heavy atom. The number of hydrogen-bond acceptors (Lipinski definition) is 2. The molecular weight excluding hydrogens is 198 g/mol. The van der Waals surface area contributed by atoms with Crippen LogP contribution in [0, 0.1) is 11.3 Å². The van der Waals surface area contributed by atoms with Gasteiger partial charge in [-0.15, -0.1) is 0 Å². The lowest BCUT2D eigenvalue weighted by Crippen LogP contribution is -2.42. The highest BCUT2D eigenvalue weighted by atomic mass is 16.3. The van der Waals surface area contributed by atoms with Crippen LogP contribution in [0.2, 0.25) is 0 Å². The Kier molecular flexibility index (Phi) is 5.77. The maximum atomic E-state index is 9.37. The Balaban J connectivity index is 2.30. The molecule has 0 bridgehead atoms. The summed E-state index contributed by atoms with van der Waals surface area (Å²) in [5.74, 6) is 0.855. The van der Waals surface area contributed by atoms with Gasteiger partial charge < -0.3 is 10.4 Å². The van der Waals surface area contributed by atoms with Crippen LogP contribution in [0.1, 0.15) is 59.3 Å². The van der Waals surface area contributed by atoms with E-state index in [1.807, 2.05) is 0 Å². The minimum atomic E-state index is 0.0585. The molecule has 0 aromatic rings. The fourth-order valence-corrected chi connectivity index (χ4v) is 2.50. The molecular formula is C14H29NO. The van der Waals surface area contributed by atoms with E-state index in [1.54, 1.807) is 0 Å². The summed E-state index contributed by atoms with van der Waals surface area (Å²) in [7, 11) is 0. The van der Waals surface area contributed by atoms with Crippen LogP contribution in [0.15, 0.2) is 0 Å². The van der Waals surface area contributed by atoms with E-state index in [1.165, 1.54) is 32.1 Å². The molecule has 0 spiro atoms. The average molecular weight is 227 g/mol. The summed E-state index contributed by atoms with van der Waals surface area (Å²) in [4.78, 5) is 0. The molecule has 0 aromatic heterocycles. The van der Waals surface area contributed by atoms with Crippen molar-refractivity contribution in [1.82, 2.24) is 5.32 Å². The lowest BCUT2D eigenvalue weighted by atomic mass is 9.83. The van der Waals surface area contributed by atoms with Gasteiger partial charge in [-0.1, -0.05) is 33.1 Å². The summed E-state index contributed by atoms with van der Waals surface area (Å²) in [6.07, 6.45) is 8.04. The number of rotatable bonds is 6. The van der Waals surface area contributed by atoms with Crippen LogP contribution in [0.4, 0.5) is 0 Å². The summed E-state index contributed by atoms with van der Waals surface area (Å²) in [6.45, 7) is 7.85. The molecule has 1 fully saturated rings. The van der Waals surface area contributed by atoms with E-state index in [4.69, 9.17) is 0 Å². The highest BCUT2D eigenvalue weighted by Crippen LogP contribution is 2.27. The first-order chi connectivity index (χ1) is 7.61. The second-order valence-corrected chi connectivity index (χ2v) is 5.89. The van der Waals surface area contributed by atoms with Crippen molar-refractivity contribution in [3.8, 4) is 0 Å². The Labute approximate surface area is 101 Å². The fourth-order valence-electron chi connectivity index (χ4n) is 2.50. The van der Waals surface area contributed by atoms with Gasteiger partial charge in [0.15, 0.2) is 0 Å². The molecule has 2 heteroatoms. The van der Waals surface area contributed by atoms with Crippen LogP contribution < -0.4 is 5.32 Å². The second kappa shape index (κ2) is 6.61. The van der Waals surface area contributed by atoms with Gasteiger partial charge in [0.05, 0.1) is 0 Å². The predicted octanol–water partition coefficient (Wildman–Crippen LogP) is 2.95. The van der Waals surface area contributed by atoms with Crippen molar-refractivity contribution >= 4 is 0 Å². The van der Waals surface area contributed by atoms with E-state index >= 15 is 0 Å². The molecule has 1 aliphatic carbocycles. The van der Waals surface area contributed by atoms with E-state index in [0.717, 1.165) is 18.9 Å². The molecule has 2 nitrogen and oxygen atoms in total.